The van der Waals surface area contributed by atoms with Gasteiger partial charge in [0.15, 0.2) is 17.3 Å². The highest BCUT2D eigenvalue weighted by Crippen LogP contribution is 2.28. The molecule has 2 N–H and O–H groups in total. The number of aromatic nitrogens is 1. The number of ketones is 1. The molecule has 8 nitrogen and oxygen atoms in total. The Labute approximate surface area is 197 Å². The molecule has 0 unspecified atom stereocenters. The summed E-state index contributed by atoms with van der Waals surface area (Å²) in [4.78, 5) is 39.8. The zero-order valence-electron chi connectivity index (χ0n) is 19.7. The molecule has 0 aliphatic heterocycles. The molecule has 34 heavy (non-hydrogen) atoms. The highest BCUT2D eigenvalue weighted by Gasteiger charge is 2.14. The van der Waals surface area contributed by atoms with Crippen molar-refractivity contribution in [1.82, 2.24) is 10.3 Å². The lowest BCUT2D eigenvalue weighted by Crippen LogP contribution is -2.28. The molecule has 8 heteroatoms. The molecule has 1 amide bonds. The van der Waals surface area contributed by atoms with Gasteiger partial charge in [-0.3, -0.25) is 14.4 Å². The molecule has 3 rings (SSSR count). The van der Waals surface area contributed by atoms with Crippen molar-refractivity contribution in [2.45, 2.75) is 26.8 Å². The van der Waals surface area contributed by atoms with E-state index in [1.165, 1.54) is 13.2 Å². The van der Waals surface area contributed by atoms with Crippen molar-refractivity contribution in [2.75, 3.05) is 20.8 Å². The van der Waals surface area contributed by atoms with Crippen LogP contribution in [0.3, 0.4) is 0 Å². The number of hydrogen-bond donors (Lipinski definition) is 2. The Morgan fingerprint density at radius 3 is 2.32 bits per heavy atom. The number of aromatic amines is 1. The molecule has 0 spiro atoms. The lowest BCUT2D eigenvalue weighted by atomic mass is 10.1. The molecule has 1 heterocycles. The number of carbonyl (C=O) groups excluding carboxylic acids is 2. The molecule has 1 aromatic heterocycles. The van der Waals surface area contributed by atoms with Crippen LogP contribution in [0.25, 0.3) is 0 Å². The van der Waals surface area contributed by atoms with E-state index >= 15 is 0 Å². The van der Waals surface area contributed by atoms with Crippen molar-refractivity contribution in [2.24, 2.45) is 0 Å². The zero-order valence-corrected chi connectivity index (χ0v) is 19.7. The van der Waals surface area contributed by atoms with Gasteiger partial charge in [0.2, 0.25) is 0 Å². The van der Waals surface area contributed by atoms with Gasteiger partial charge in [-0.05, 0) is 61.4 Å². The molecular weight excluding hydrogens is 436 g/mol. The fourth-order valence-corrected chi connectivity index (χ4v) is 3.48. The third-order valence-corrected chi connectivity index (χ3v) is 5.29. The van der Waals surface area contributed by atoms with Crippen LogP contribution in [0.5, 0.6) is 17.2 Å². The third-order valence-electron chi connectivity index (χ3n) is 5.29. The van der Waals surface area contributed by atoms with E-state index in [0.717, 1.165) is 22.6 Å². The molecule has 0 saturated carbocycles. The predicted molar refractivity (Wildman–Crippen MR) is 128 cm³/mol. The Kier molecular flexibility index (Phi) is 8.08. The number of carbonyl (C=O) groups is 2. The summed E-state index contributed by atoms with van der Waals surface area (Å²) in [6, 6.07) is 13.8. The molecule has 0 fully saturated rings. The minimum absolute atomic E-state index is 0.0979. The lowest BCUT2D eigenvalue weighted by molar-refractivity contribution is -0.120. The number of aryl methyl sites for hydroxylation is 2. The second-order valence-electron chi connectivity index (χ2n) is 7.84. The summed E-state index contributed by atoms with van der Waals surface area (Å²) < 4.78 is 16.1. The first-order valence-corrected chi connectivity index (χ1v) is 10.7. The molecule has 0 radical (unpaired) electrons. The number of benzene rings is 2. The van der Waals surface area contributed by atoms with E-state index in [2.05, 4.69) is 10.3 Å². The van der Waals surface area contributed by atoms with E-state index in [4.69, 9.17) is 14.2 Å². The van der Waals surface area contributed by atoms with Crippen LogP contribution in [0.1, 0.15) is 32.7 Å². The van der Waals surface area contributed by atoms with E-state index in [0.29, 0.717) is 22.6 Å². The van der Waals surface area contributed by atoms with Crippen LogP contribution >= 0.6 is 0 Å². The summed E-state index contributed by atoms with van der Waals surface area (Å²) in [6.07, 6.45) is 0.227. The number of methoxy groups -OCH3 is 2. The average molecular weight is 465 g/mol. The number of nitrogens with one attached hydrogen (secondary N) is 2. The number of rotatable bonds is 10. The second kappa shape index (κ2) is 11.2. The van der Waals surface area contributed by atoms with Crippen molar-refractivity contribution < 1.29 is 23.8 Å². The van der Waals surface area contributed by atoms with Crippen molar-refractivity contribution in [3.05, 3.63) is 86.8 Å². The highest BCUT2D eigenvalue weighted by atomic mass is 16.5. The van der Waals surface area contributed by atoms with Gasteiger partial charge in [0.05, 0.1) is 14.2 Å². The molecular formula is C26H28N2O6. The van der Waals surface area contributed by atoms with E-state index in [-0.39, 0.29) is 36.8 Å². The summed E-state index contributed by atoms with van der Waals surface area (Å²) >= 11 is 0. The Morgan fingerprint density at radius 1 is 0.941 bits per heavy atom. The van der Waals surface area contributed by atoms with Crippen LogP contribution in [0.2, 0.25) is 0 Å². The van der Waals surface area contributed by atoms with Gasteiger partial charge in [-0.2, -0.15) is 0 Å². The standard InChI is InChI=1S/C26H28N2O6/c1-16-11-17(2)28-26(31)22(16)14-27-25(30)19-7-10-23(24(13-19)33-4)34-15-20(29)12-18-5-8-21(32-3)9-6-18/h5-11,13H,12,14-15H2,1-4H3,(H,27,30)(H,28,31). The van der Waals surface area contributed by atoms with Crippen LogP contribution in [-0.2, 0) is 17.8 Å². The number of amides is 1. The Hall–Kier alpha value is -4.07. The fourth-order valence-electron chi connectivity index (χ4n) is 3.48. The molecule has 3 aromatic rings. The lowest BCUT2D eigenvalue weighted by Gasteiger charge is -2.13. The number of Topliss-reactive ketones (excluding diaryl/α,β-unsaturated/α-hetero) is 1. The normalized spacial score (nSPS) is 10.5. The van der Waals surface area contributed by atoms with E-state index < -0.39 is 0 Å². The minimum atomic E-state index is -0.361. The van der Waals surface area contributed by atoms with Crippen LogP contribution in [-0.4, -0.2) is 37.5 Å². The van der Waals surface area contributed by atoms with E-state index in [1.807, 2.05) is 25.1 Å². The van der Waals surface area contributed by atoms with Crippen LogP contribution < -0.4 is 25.1 Å². The monoisotopic (exact) mass is 464 g/mol. The van der Waals surface area contributed by atoms with E-state index in [9.17, 15) is 14.4 Å². The molecule has 0 aliphatic carbocycles. The van der Waals surface area contributed by atoms with Gasteiger partial charge in [-0.1, -0.05) is 12.1 Å². The molecule has 0 bridgehead atoms. The smallest absolute Gasteiger partial charge is 0.253 e. The maximum Gasteiger partial charge on any atom is 0.253 e. The van der Waals surface area contributed by atoms with Gasteiger partial charge in [0, 0.05) is 29.8 Å². The van der Waals surface area contributed by atoms with Crippen molar-refractivity contribution >= 4 is 11.7 Å². The number of H-pyrrole nitrogens is 1. The fraction of sp³-hybridized carbons (Fsp3) is 0.269. The summed E-state index contributed by atoms with van der Waals surface area (Å²) in [7, 11) is 3.04. The molecule has 0 atom stereocenters. The van der Waals surface area contributed by atoms with Gasteiger partial charge in [-0.15, -0.1) is 0 Å². The van der Waals surface area contributed by atoms with Crippen LogP contribution in [0.4, 0.5) is 0 Å². The van der Waals surface area contributed by atoms with Gasteiger partial charge in [-0.25, -0.2) is 0 Å². The summed E-state index contributed by atoms with van der Waals surface area (Å²) in [5, 5.41) is 2.75. The quantitative estimate of drug-likeness (QED) is 0.478. The number of ether oxygens (including phenoxy) is 3. The average Bonchev–Trinajstić information content (AvgIpc) is 2.82. The van der Waals surface area contributed by atoms with Gasteiger partial charge in [0.25, 0.3) is 11.5 Å². The van der Waals surface area contributed by atoms with Gasteiger partial charge in [0.1, 0.15) is 12.4 Å². The predicted octanol–water partition coefficient (Wildman–Crippen LogP) is 3.13. The first kappa shape index (κ1) is 24.6. The Bertz CT molecular complexity index is 1230. The second-order valence-corrected chi connectivity index (χ2v) is 7.84. The molecule has 0 aliphatic rings. The van der Waals surface area contributed by atoms with Gasteiger partial charge < -0.3 is 24.5 Å². The van der Waals surface area contributed by atoms with Crippen LogP contribution in [0, 0.1) is 13.8 Å². The summed E-state index contributed by atoms with van der Waals surface area (Å²) in [5.41, 5.74) is 3.05. The third kappa shape index (κ3) is 6.25. The molecule has 0 saturated heterocycles. The largest absolute Gasteiger partial charge is 0.497 e. The Morgan fingerprint density at radius 2 is 1.68 bits per heavy atom. The van der Waals surface area contributed by atoms with Crippen molar-refractivity contribution in [3.8, 4) is 17.2 Å². The highest BCUT2D eigenvalue weighted by molar-refractivity contribution is 5.94. The SMILES string of the molecule is COc1ccc(CC(=O)COc2ccc(C(=O)NCc3c(C)cc(C)[nH]c3=O)cc2OC)cc1. The number of hydrogen-bond acceptors (Lipinski definition) is 6. The maximum absolute atomic E-state index is 12.6. The van der Waals surface area contributed by atoms with Gasteiger partial charge >= 0.3 is 0 Å². The maximum atomic E-state index is 12.6. The molecule has 2 aromatic carbocycles. The first-order chi connectivity index (χ1) is 16.3. The van der Waals surface area contributed by atoms with Crippen LogP contribution in [0.15, 0.2) is 53.3 Å². The summed E-state index contributed by atoms with van der Waals surface area (Å²) in [5.74, 6) is 0.942. The zero-order chi connectivity index (χ0) is 24.7. The van der Waals surface area contributed by atoms with E-state index in [1.54, 1.807) is 38.3 Å². The first-order valence-electron chi connectivity index (χ1n) is 10.7. The number of pyridine rings is 1. The van der Waals surface area contributed by atoms with Crippen molar-refractivity contribution in [3.63, 3.8) is 0 Å². The minimum Gasteiger partial charge on any atom is -0.497 e. The summed E-state index contributed by atoms with van der Waals surface area (Å²) in [6.45, 7) is 3.60. The van der Waals surface area contributed by atoms with Crippen molar-refractivity contribution in [1.29, 1.82) is 0 Å². The Balaban J connectivity index is 1.60. The molecule has 178 valence electrons. The topological polar surface area (TPSA) is 107 Å².